The molecule has 0 saturated heterocycles. The molecule has 0 aliphatic carbocycles. The van der Waals surface area contributed by atoms with Crippen molar-refractivity contribution in [2.75, 3.05) is 32.1 Å². The third-order valence-electron chi connectivity index (χ3n) is 3.43. The third kappa shape index (κ3) is 5.70. The molecule has 0 aliphatic heterocycles. The molecule has 0 radical (unpaired) electrons. The van der Waals surface area contributed by atoms with Gasteiger partial charge < -0.3 is 20.1 Å². The molecular weight excluding hydrogens is 318 g/mol. The Balaban J connectivity index is 2.04. The van der Waals surface area contributed by atoms with Crippen LogP contribution >= 0.6 is 0 Å². The summed E-state index contributed by atoms with van der Waals surface area (Å²) in [5.41, 5.74) is 2.04. The number of aromatic nitrogens is 2. The molecular formula is C18H27N5O2. The van der Waals surface area contributed by atoms with Gasteiger partial charge in [0.1, 0.15) is 0 Å². The number of hydrogen-bond acceptors (Lipinski definition) is 4. The van der Waals surface area contributed by atoms with E-state index in [1.165, 1.54) is 0 Å². The molecule has 0 amide bonds. The van der Waals surface area contributed by atoms with Crippen molar-refractivity contribution in [1.82, 2.24) is 15.1 Å². The Labute approximate surface area is 149 Å². The van der Waals surface area contributed by atoms with Crippen molar-refractivity contribution in [3.63, 3.8) is 0 Å². The van der Waals surface area contributed by atoms with Gasteiger partial charge in [-0.15, -0.1) is 0 Å². The zero-order valence-electron chi connectivity index (χ0n) is 15.4. The summed E-state index contributed by atoms with van der Waals surface area (Å²) >= 11 is 0. The average molecular weight is 345 g/mol. The van der Waals surface area contributed by atoms with Gasteiger partial charge in [-0.1, -0.05) is 0 Å². The Morgan fingerprint density at radius 2 is 2.12 bits per heavy atom. The lowest BCUT2D eigenvalue weighted by Gasteiger charge is -2.14. The smallest absolute Gasteiger partial charge is 0.195 e. The minimum absolute atomic E-state index is 0.581. The standard InChI is InChI=1S/C18H27N5O2/c1-5-19-18(20-9-10-23-13-14(3)12-21-23)22-15-7-8-16(24-4)17(11-15)25-6-2/h7-8,11-13H,5-6,9-10H2,1-4H3,(H2,19,20,22). The third-order valence-corrected chi connectivity index (χ3v) is 3.43. The molecule has 136 valence electrons. The van der Waals surface area contributed by atoms with Gasteiger partial charge in [-0.2, -0.15) is 5.10 Å². The van der Waals surface area contributed by atoms with Crippen LogP contribution in [0.5, 0.6) is 11.5 Å². The number of guanidine groups is 1. The van der Waals surface area contributed by atoms with Gasteiger partial charge in [-0.3, -0.25) is 9.67 Å². The second kappa shape index (κ2) is 9.56. The Bertz CT molecular complexity index is 697. The molecule has 25 heavy (non-hydrogen) atoms. The van der Waals surface area contributed by atoms with Gasteiger partial charge in [0.05, 0.1) is 33.0 Å². The molecule has 0 aliphatic rings. The number of methoxy groups -OCH3 is 1. The first-order valence-electron chi connectivity index (χ1n) is 8.51. The normalized spacial score (nSPS) is 11.3. The quantitative estimate of drug-likeness (QED) is 0.568. The lowest BCUT2D eigenvalue weighted by molar-refractivity contribution is 0.311. The van der Waals surface area contributed by atoms with E-state index < -0.39 is 0 Å². The van der Waals surface area contributed by atoms with Crippen LogP contribution < -0.4 is 20.1 Å². The van der Waals surface area contributed by atoms with E-state index in [-0.39, 0.29) is 0 Å². The van der Waals surface area contributed by atoms with E-state index in [0.29, 0.717) is 24.7 Å². The maximum Gasteiger partial charge on any atom is 0.195 e. The molecule has 7 heteroatoms. The van der Waals surface area contributed by atoms with Crippen molar-refractivity contribution in [2.24, 2.45) is 4.99 Å². The summed E-state index contributed by atoms with van der Waals surface area (Å²) in [5.74, 6) is 2.14. The molecule has 0 saturated carbocycles. The first-order chi connectivity index (χ1) is 12.2. The molecule has 0 bridgehead atoms. The molecule has 0 unspecified atom stereocenters. The summed E-state index contributed by atoms with van der Waals surface area (Å²) < 4.78 is 12.8. The summed E-state index contributed by atoms with van der Waals surface area (Å²) in [7, 11) is 1.63. The molecule has 1 heterocycles. The molecule has 2 rings (SSSR count). The van der Waals surface area contributed by atoms with Gasteiger partial charge in [0, 0.05) is 24.5 Å². The van der Waals surface area contributed by atoms with Gasteiger partial charge in [0.25, 0.3) is 0 Å². The lowest BCUT2D eigenvalue weighted by Crippen LogP contribution is -2.31. The summed E-state index contributed by atoms with van der Waals surface area (Å²) in [6, 6.07) is 5.72. The predicted octanol–water partition coefficient (Wildman–Crippen LogP) is 2.68. The molecule has 2 aromatic rings. The van der Waals surface area contributed by atoms with Gasteiger partial charge in [0.15, 0.2) is 17.5 Å². The van der Waals surface area contributed by atoms with Crippen molar-refractivity contribution in [2.45, 2.75) is 27.3 Å². The van der Waals surface area contributed by atoms with Crippen LogP contribution in [-0.2, 0) is 6.54 Å². The molecule has 1 aromatic heterocycles. The van der Waals surface area contributed by atoms with Crippen molar-refractivity contribution in [3.8, 4) is 11.5 Å². The first kappa shape index (κ1) is 18.6. The predicted molar refractivity (Wildman–Crippen MR) is 101 cm³/mol. The summed E-state index contributed by atoms with van der Waals surface area (Å²) in [6.45, 7) is 8.73. The Morgan fingerprint density at radius 1 is 1.28 bits per heavy atom. The average Bonchev–Trinajstić information content (AvgIpc) is 3.01. The highest BCUT2D eigenvalue weighted by atomic mass is 16.5. The van der Waals surface area contributed by atoms with E-state index in [1.54, 1.807) is 7.11 Å². The monoisotopic (exact) mass is 345 g/mol. The zero-order valence-corrected chi connectivity index (χ0v) is 15.4. The highest BCUT2D eigenvalue weighted by Gasteiger charge is 2.07. The maximum atomic E-state index is 5.61. The number of anilines is 1. The first-order valence-corrected chi connectivity index (χ1v) is 8.51. The fraction of sp³-hybridized carbons (Fsp3) is 0.444. The van der Waals surface area contributed by atoms with Crippen LogP contribution in [0.2, 0.25) is 0 Å². The summed E-state index contributed by atoms with van der Waals surface area (Å²) in [4.78, 5) is 4.59. The van der Waals surface area contributed by atoms with E-state index in [4.69, 9.17) is 9.47 Å². The Hall–Kier alpha value is -2.70. The van der Waals surface area contributed by atoms with Crippen molar-refractivity contribution >= 4 is 11.6 Å². The SMILES string of the molecule is CCNC(=NCCn1cc(C)cn1)Nc1ccc(OC)c(OCC)c1. The summed E-state index contributed by atoms with van der Waals surface area (Å²) in [6.07, 6.45) is 3.85. The van der Waals surface area contributed by atoms with E-state index in [9.17, 15) is 0 Å². The number of benzene rings is 1. The molecule has 0 atom stereocenters. The number of rotatable bonds is 8. The van der Waals surface area contributed by atoms with Gasteiger partial charge in [-0.25, -0.2) is 0 Å². The van der Waals surface area contributed by atoms with Crippen LogP contribution in [0.25, 0.3) is 0 Å². The second-order valence-electron chi connectivity index (χ2n) is 5.47. The Morgan fingerprint density at radius 3 is 2.76 bits per heavy atom. The van der Waals surface area contributed by atoms with Crippen LogP contribution in [0.15, 0.2) is 35.6 Å². The second-order valence-corrected chi connectivity index (χ2v) is 5.47. The number of aryl methyl sites for hydroxylation is 1. The number of aliphatic imine (C=N–C) groups is 1. The highest BCUT2D eigenvalue weighted by molar-refractivity contribution is 5.93. The maximum absolute atomic E-state index is 5.61. The minimum Gasteiger partial charge on any atom is -0.493 e. The lowest BCUT2D eigenvalue weighted by atomic mass is 10.2. The molecule has 1 aromatic carbocycles. The number of nitrogens with one attached hydrogen (secondary N) is 2. The van der Waals surface area contributed by atoms with E-state index >= 15 is 0 Å². The largest absolute Gasteiger partial charge is 0.493 e. The minimum atomic E-state index is 0.581. The topological polar surface area (TPSA) is 72.7 Å². The highest BCUT2D eigenvalue weighted by Crippen LogP contribution is 2.30. The van der Waals surface area contributed by atoms with Crippen LogP contribution in [0.3, 0.4) is 0 Å². The molecule has 0 spiro atoms. The molecule has 0 fully saturated rings. The van der Waals surface area contributed by atoms with Crippen LogP contribution in [0, 0.1) is 6.92 Å². The van der Waals surface area contributed by atoms with Crippen LogP contribution in [0.1, 0.15) is 19.4 Å². The van der Waals surface area contributed by atoms with E-state index in [0.717, 1.165) is 30.3 Å². The van der Waals surface area contributed by atoms with Crippen molar-refractivity contribution in [1.29, 1.82) is 0 Å². The fourth-order valence-corrected chi connectivity index (χ4v) is 2.32. The van der Waals surface area contributed by atoms with Gasteiger partial charge in [0.2, 0.25) is 0 Å². The Kier molecular flexibility index (Phi) is 7.13. The van der Waals surface area contributed by atoms with Gasteiger partial charge >= 0.3 is 0 Å². The van der Waals surface area contributed by atoms with Crippen molar-refractivity contribution < 1.29 is 9.47 Å². The van der Waals surface area contributed by atoms with E-state index in [1.807, 2.05) is 56.0 Å². The summed E-state index contributed by atoms with van der Waals surface area (Å²) in [5, 5.41) is 10.8. The van der Waals surface area contributed by atoms with Crippen molar-refractivity contribution in [3.05, 3.63) is 36.2 Å². The van der Waals surface area contributed by atoms with Crippen LogP contribution in [-0.4, -0.2) is 42.5 Å². The number of nitrogens with zero attached hydrogens (tertiary/aromatic N) is 3. The number of hydrogen-bond donors (Lipinski definition) is 2. The molecule has 2 N–H and O–H groups in total. The van der Waals surface area contributed by atoms with Crippen LogP contribution in [0.4, 0.5) is 5.69 Å². The fourth-order valence-electron chi connectivity index (χ4n) is 2.32. The zero-order chi connectivity index (χ0) is 18.1. The van der Waals surface area contributed by atoms with Gasteiger partial charge in [-0.05, 0) is 38.5 Å². The number of ether oxygens (including phenoxy) is 2. The molecule has 7 nitrogen and oxygen atoms in total. The van der Waals surface area contributed by atoms with E-state index in [2.05, 4.69) is 20.7 Å².